The predicted octanol–water partition coefficient (Wildman–Crippen LogP) is 4.23. The lowest BCUT2D eigenvalue weighted by molar-refractivity contribution is -0.118. The minimum atomic E-state index is -0.771. The zero-order valence-electron chi connectivity index (χ0n) is 14.8. The molecular weight excluding hydrogens is 410 g/mol. The number of nitrogens with one attached hydrogen (secondary N) is 3. The van der Waals surface area contributed by atoms with E-state index in [1.807, 2.05) is 42.6 Å². The van der Waals surface area contributed by atoms with E-state index in [9.17, 15) is 9.59 Å². The first-order chi connectivity index (χ1) is 13.1. The second kappa shape index (κ2) is 8.73. The lowest BCUT2D eigenvalue weighted by Gasteiger charge is -2.18. The number of carbonyl (C=O) groups excluding carboxylic acids is 2. The van der Waals surface area contributed by atoms with Crippen molar-refractivity contribution in [1.29, 1.82) is 0 Å². The number of halogens is 1. The molecule has 0 spiro atoms. The molecule has 3 aromatic rings. The van der Waals surface area contributed by atoms with E-state index in [1.54, 1.807) is 19.1 Å². The Bertz CT molecular complexity index is 937. The van der Waals surface area contributed by atoms with Crippen molar-refractivity contribution in [1.82, 2.24) is 10.3 Å². The van der Waals surface area contributed by atoms with Gasteiger partial charge in [0.15, 0.2) is 0 Å². The van der Waals surface area contributed by atoms with Gasteiger partial charge < -0.3 is 20.4 Å². The summed E-state index contributed by atoms with van der Waals surface area (Å²) in [6, 6.07) is 14.3. The van der Waals surface area contributed by atoms with Gasteiger partial charge in [0.05, 0.1) is 6.61 Å². The van der Waals surface area contributed by atoms with Gasteiger partial charge in [-0.15, -0.1) is 0 Å². The molecular formula is C20H20BrN3O3. The normalized spacial score (nSPS) is 11.8. The standard InChI is InChI=1S/C20H20BrN3O3/c1-2-27-20(26)24-18(19(25)23-15-9-7-14(21)8-10-15)11-13-12-22-17-6-4-3-5-16(13)17/h3-10,12,18,22H,2,11H2,1H3,(H,23,25)(H,24,26)/t18-/m1/s1. The van der Waals surface area contributed by atoms with Gasteiger partial charge in [0.25, 0.3) is 0 Å². The minimum Gasteiger partial charge on any atom is -0.450 e. The lowest BCUT2D eigenvalue weighted by Crippen LogP contribution is -2.45. The Labute approximate surface area is 165 Å². The van der Waals surface area contributed by atoms with E-state index in [-0.39, 0.29) is 12.5 Å². The maximum absolute atomic E-state index is 12.8. The second-order valence-electron chi connectivity index (χ2n) is 5.98. The van der Waals surface area contributed by atoms with Crippen LogP contribution in [-0.4, -0.2) is 29.6 Å². The number of carbonyl (C=O) groups is 2. The van der Waals surface area contributed by atoms with E-state index >= 15 is 0 Å². The average Bonchev–Trinajstić information content (AvgIpc) is 3.06. The molecule has 0 aliphatic rings. The Kier molecular flexibility index (Phi) is 6.13. The van der Waals surface area contributed by atoms with E-state index in [1.165, 1.54) is 0 Å². The zero-order valence-corrected chi connectivity index (χ0v) is 16.4. The van der Waals surface area contributed by atoms with Crippen LogP contribution in [-0.2, 0) is 16.0 Å². The molecule has 140 valence electrons. The highest BCUT2D eigenvalue weighted by atomic mass is 79.9. The van der Waals surface area contributed by atoms with Gasteiger partial charge in [-0.1, -0.05) is 34.1 Å². The van der Waals surface area contributed by atoms with Crippen LogP contribution < -0.4 is 10.6 Å². The molecule has 0 aliphatic carbocycles. The van der Waals surface area contributed by atoms with Crippen LogP contribution in [0.5, 0.6) is 0 Å². The van der Waals surface area contributed by atoms with Crippen LogP contribution in [0, 0.1) is 0 Å². The number of H-pyrrole nitrogens is 1. The van der Waals surface area contributed by atoms with Crippen LogP contribution in [0.2, 0.25) is 0 Å². The molecule has 6 nitrogen and oxygen atoms in total. The number of aromatic nitrogens is 1. The van der Waals surface area contributed by atoms with Crippen molar-refractivity contribution in [3.63, 3.8) is 0 Å². The highest BCUT2D eigenvalue weighted by molar-refractivity contribution is 9.10. The molecule has 1 aromatic heterocycles. The summed E-state index contributed by atoms with van der Waals surface area (Å²) in [5, 5.41) is 6.51. The number of aromatic amines is 1. The van der Waals surface area contributed by atoms with Crippen molar-refractivity contribution >= 4 is 44.5 Å². The van der Waals surface area contributed by atoms with Crippen molar-refractivity contribution in [2.45, 2.75) is 19.4 Å². The van der Waals surface area contributed by atoms with Crippen molar-refractivity contribution in [3.05, 3.63) is 64.8 Å². The fraction of sp³-hybridized carbons (Fsp3) is 0.200. The maximum atomic E-state index is 12.8. The third kappa shape index (κ3) is 4.89. The topological polar surface area (TPSA) is 83.2 Å². The number of anilines is 1. The molecule has 7 heteroatoms. The summed E-state index contributed by atoms with van der Waals surface area (Å²) in [7, 11) is 0. The first kappa shape index (κ1) is 19.0. The fourth-order valence-electron chi connectivity index (χ4n) is 2.81. The van der Waals surface area contributed by atoms with Gasteiger partial charge >= 0.3 is 6.09 Å². The molecule has 0 bridgehead atoms. The van der Waals surface area contributed by atoms with E-state index in [0.717, 1.165) is 20.9 Å². The fourth-order valence-corrected chi connectivity index (χ4v) is 3.07. The van der Waals surface area contributed by atoms with Gasteiger partial charge in [-0.3, -0.25) is 4.79 Å². The van der Waals surface area contributed by atoms with Crippen molar-refractivity contribution < 1.29 is 14.3 Å². The van der Waals surface area contributed by atoms with Gasteiger partial charge in [-0.05, 0) is 42.8 Å². The molecule has 3 rings (SSSR count). The number of fused-ring (bicyclic) bond motifs is 1. The number of benzene rings is 2. The number of hydrogen-bond donors (Lipinski definition) is 3. The van der Waals surface area contributed by atoms with Gasteiger partial charge in [-0.2, -0.15) is 0 Å². The molecule has 2 amide bonds. The highest BCUT2D eigenvalue weighted by Crippen LogP contribution is 2.20. The van der Waals surface area contributed by atoms with Crippen LogP contribution in [0.1, 0.15) is 12.5 Å². The van der Waals surface area contributed by atoms with Gasteiger partial charge in [0, 0.05) is 33.7 Å². The monoisotopic (exact) mass is 429 g/mol. The summed E-state index contributed by atoms with van der Waals surface area (Å²) in [5.74, 6) is -0.310. The quantitative estimate of drug-likeness (QED) is 0.548. The summed E-state index contributed by atoms with van der Waals surface area (Å²) < 4.78 is 5.87. The van der Waals surface area contributed by atoms with E-state index in [0.29, 0.717) is 12.1 Å². The Hall–Kier alpha value is -2.80. The SMILES string of the molecule is CCOC(=O)N[C@H](Cc1c[nH]c2ccccc12)C(=O)Nc1ccc(Br)cc1. The largest absolute Gasteiger partial charge is 0.450 e. The van der Waals surface area contributed by atoms with Gasteiger partial charge in [-0.25, -0.2) is 4.79 Å². The van der Waals surface area contributed by atoms with Crippen molar-refractivity contribution in [2.24, 2.45) is 0 Å². The van der Waals surface area contributed by atoms with Crippen LogP contribution in [0.4, 0.5) is 10.5 Å². The highest BCUT2D eigenvalue weighted by Gasteiger charge is 2.23. The van der Waals surface area contributed by atoms with Crippen LogP contribution >= 0.6 is 15.9 Å². The Morgan fingerprint density at radius 2 is 1.89 bits per heavy atom. The number of ether oxygens (including phenoxy) is 1. The smallest absolute Gasteiger partial charge is 0.407 e. The molecule has 0 fully saturated rings. The first-order valence-electron chi connectivity index (χ1n) is 8.61. The minimum absolute atomic E-state index is 0.236. The third-order valence-corrected chi connectivity index (χ3v) is 4.62. The van der Waals surface area contributed by atoms with Gasteiger partial charge in [0.2, 0.25) is 5.91 Å². The first-order valence-corrected chi connectivity index (χ1v) is 9.41. The average molecular weight is 430 g/mol. The zero-order chi connectivity index (χ0) is 19.2. The Morgan fingerprint density at radius 1 is 1.15 bits per heavy atom. The lowest BCUT2D eigenvalue weighted by atomic mass is 10.0. The number of amides is 2. The summed E-state index contributed by atoms with van der Waals surface area (Å²) in [4.78, 5) is 27.9. The molecule has 0 radical (unpaired) electrons. The van der Waals surface area contributed by atoms with E-state index < -0.39 is 12.1 Å². The Balaban J connectivity index is 1.80. The molecule has 0 aliphatic heterocycles. The molecule has 1 atom stereocenters. The number of alkyl carbamates (subject to hydrolysis) is 1. The molecule has 0 unspecified atom stereocenters. The van der Waals surface area contributed by atoms with Crippen LogP contribution in [0.25, 0.3) is 10.9 Å². The van der Waals surface area contributed by atoms with Crippen LogP contribution in [0.3, 0.4) is 0 Å². The second-order valence-corrected chi connectivity index (χ2v) is 6.89. The van der Waals surface area contributed by atoms with E-state index in [2.05, 4.69) is 31.5 Å². The summed E-state index contributed by atoms with van der Waals surface area (Å²) in [5.41, 5.74) is 2.58. The predicted molar refractivity (Wildman–Crippen MR) is 109 cm³/mol. The maximum Gasteiger partial charge on any atom is 0.407 e. The summed E-state index contributed by atoms with van der Waals surface area (Å²) >= 11 is 3.36. The summed E-state index contributed by atoms with van der Waals surface area (Å²) in [6.07, 6.45) is 1.58. The number of para-hydroxylation sites is 1. The van der Waals surface area contributed by atoms with Gasteiger partial charge in [0.1, 0.15) is 6.04 Å². The molecule has 3 N–H and O–H groups in total. The van der Waals surface area contributed by atoms with Crippen molar-refractivity contribution in [3.8, 4) is 0 Å². The van der Waals surface area contributed by atoms with E-state index in [4.69, 9.17) is 4.74 Å². The Morgan fingerprint density at radius 3 is 2.63 bits per heavy atom. The van der Waals surface area contributed by atoms with Crippen molar-refractivity contribution in [2.75, 3.05) is 11.9 Å². The molecule has 27 heavy (non-hydrogen) atoms. The number of hydrogen-bond acceptors (Lipinski definition) is 3. The molecule has 1 heterocycles. The number of rotatable bonds is 6. The van der Waals surface area contributed by atoms with Crippen LogP contribution in [0.15, 0.2) is 59.2 Å². The molecule has 2 aromatic carbocycles. The molecule has 0 saturated heterocycles. The third-order valence-electron chi connectivity index (χ3n) is 4.09. The summed E-state index contributed by atoms with van der Waals surface area (Å²) in [6.45, 7) is 1.95. The molecule has 0 saturated carbocycles.